The normalized spacial score (nSPS) is 13.0. The topological polar surface area (TPSA) is 124 Å². The lowest BCUT2D eigenvalue weighted by atomic mass is 10.1. The second-order valence-corrected chi connectivity index (χ2v) is 8.84. The molecule has 0 fully saturated rings. The molecule has 10 heteroatoms. The van der Waals surface area contributed by atoms with Gasteiger partial charge in [-0.2, -0.15) is 0 Å². The van der Waals surface area contributed by atoms with Gasteiger partial charge in [0.15, 0.2) is 6.61 Å². The highest BCUT2D eigenvalue weighted by Gasteiger charge is 2.27. The summed E-state index contributed by atoms with van der Waals surface area (Å²) in [6.45, 7) is 4.61. The number of carbonyl (C=O) groups excluding carboxylic acids is 4. The first-order valence-corrected chi connectivity index (χ1v) is 11.7. The summed E-state index contributed by atoms with van der Waals surface area (Å²) in [4.78, 5) is 53.5. The van der Waals surface area contributed by atoms with Crippen LogP contribution in [0, 0.1) is 13.8 Å². The van der Waals surface area contributed by atoms with E-state index in [1.807, 2.05) is 0 Å². The van der Waals surface area contributed by atoms with Gasteiger partial charge in [-0.1, -0.05) is 6.42 Å². The quantitative estimate of drug-likeness (QED) is 0.355. The molecule has 2 heterocycles. The van der Waals surface area contributed by atoms with Crippen molar-refractivity contribution in [1.29, 1.82) is 0 Å². The maximum atomic E-state index is 12.5. The molecule has 2 aromatic heterocycles. The van der Waals surface area contributed by atoms with Gasteiger partial charge in [0.05, 0.1) is 24.8 Å². The number of rotatable bonds is 7. The summed E-state index contributed by atoms with van der Waals surface area (Å²) in [5, 5.41) is 3.10. The first-order valence-electron chi connectivity index (χ1n) is 10.8. The Kier molecular flexibility index (Phi) is 7.91. The number of H-pyrrole nitrogens is 1. The lowest BCUT2D eigenvalue weighted by Crippen LogP contribution is -2.22. The van der Waals surface area contributed by atoms with Crippen LogP contribution in [-0.4, -0.2) is 49.1 Å². The van der Waals surface area contributed by atoms with Crippen molar-refractivity contribution in [2.75, 3.05) is 25.6 Å². The van der Waals surface area contributed by atoms with Crippen molar-refractivity contribution in [1.82, 2.24) is 4.98 Å². The number of nitrogens with one attached hydrogen (secondary N) is 2. The fourth-order valence-corrected chi connectivity index (χ4v) is 5.27. The zero-order chi connectivity index (χ0) is 24.1. The number of hydrogen-bond donors (Lipinski definition) is 2. The molecule has 1 aliphatic rings. The Hall–Kier alpha value is -3.14. The number of aromatic nitrogens is 1. The van der Waals surface area contributed by atoms with E-state index in [1.165, 1.54) is 18.4 Å². The number of fused-ring (bicyclic) bond motifs is 1. The van der Waals surface area contributed by atoms with Crippen LogP contribution in [0.5, 0.6) is 0 Å². The number of amides is 1. The Labute approximate surface area is 195 Å². The molecule has 1 aliphatic carbocycles. The largest absolute Gasteiger partial charge is 0.465 e. The van der Waals surface area contributed by atoms with Crippen molar-refractivity contribution < 1.29 is 33.4 Å². The Morgan fingerprint density at radius 1 is 0.970 bits per heavy atom. The smallest absolute Gasteiger partial charge is 0.355 e. The average Bonchev–Trinajstić information content (AvgIpc) is 3.16. The van der Waals surface area contributed by atoms with Crippen LogP contribution in [-0.2, 0) is 31.8 Å². The highest BCUT2D eigenvalue weighted by Crippen LogP contribution is 2.38. The summed E-state index contributed by atoms with van der Waals surface area (Å²) >= 11 is 1.36. The molecule has 0 aliphatic heterocycles. The van der Waals surface area contributed by atoms with Gasteiger partial charge in [-0.3, -0.25) is 4.79 Å². The van der Waals surface area contributed by atoms with E-state index in [9.17, 15) is 19.2 Å². The minimum Gasteiger partial charge on any atom is -0.465 e. The van der Waals surface area contributed by atoms with Gasteiger partial charge in [0.1, 0.15) is 10.7 Å². The third-order valence-electron chi connectivity index (χ3n) is 5.52. The van der Waals surface area contributed by atoms with Crippen LogP contribution < -0.4 is 5.32 Å². The average molecular weight is 477 g/mol. The summed E-state index contributed by atoms with van der Waals surface area (Å²) in [6, 6.07) is 0. The van der Waals surface area contributed by atoms with E-state index in [1.54, 1.807) is 20.8 Å². The maximum Gasteiger partial charge on any atom is 0.355 e. The van der Waals surface area contributed by atoms with E-state index in [2.05, 4.69) is 10.3 Å². The summed E-state index contributed by atoms with van der Waals surface area (Å²) in [7, 11) is 1.31. The number of ether oxygens (including phenoxy) is 3. The Morgan fingerprint density at radius 2 is 1.70 bits per heavy atom. The Morgan fingerprint density at radius 3 is 2.39 bits per heavy atom. The molecule has 2 N–H and O–H groups in total. The summed E-state index contributed by atoms with van der Waals surface area (Å²) in [5.41, 5.74) is 2.55. The van der Waals surface area contributed by atoms with Gasteiger partial charge in [0.2, 0.25) is 0 Å². The van der Waals surface area contributed by atoms with Crippen LogP contribution >= 0.6 is 11.3 Å². The van der Waals surface area contributed by atoms with Crippen molar-refractivity contribution in [3.63, 3.8) is 0 Å². The van der Waals surface area contributed by atoms with Gasteiger partial charge in [0, 0.05) is 10.6 Å². The van der Waals surface area contributed by atoms with Crippen LogP contribution in [0.25, 0.3) is 0 Å². The number of methoxy groups -OCH3 is 1. The third kappa shape index (κ3) is 5.27. The number of esters is 3. The molecule has 0 atom stereocenters. The van der Waals surface area contributed by atoms with E-state index >= 15 is 0 Å². The van der Waals surface area contributed by atoms with E-state index in [0.717, 1.165) is 42.5 Å². The first-order chi connectivity index (χ1) is 15.8. The van der Waals surface area contributed by atoms with Gasteiger partial charge in [-0.05, 0) is 57.6 Å². The van der Waals surface area contributed by atoms with Crippen molar-refractivity contribution >= 4 is 40.2 Å². The Bertz CT molecular complexity index is 1080. The molecule has 0 aromatic carbocycles. The van der Waals surface area contributed by atoms with Gasteiger partial charge >= 0.3 is 17.9 Å². The molecule has 2 aromatic rings. The minimum atomic E-state index is -0.767. The molecule has 0 bridgehead atoms. The number of anilines is 1. The lowest BCUT2D eigenvalue weighted by molar-refractivity contribution is -0.119. The number of carbonyl (C=O) groups is 4. The molecule has 33 heavy (non-hydrogen) atoms. The number of aryl methyl sites for hydroxylation is 2. The molecule has 9 nitrogen and oxygen atoms in total. The SMILES string of the molecule is CCOC(=O)c1c(C)[nH]c(C(=O)OCC(=O)Nc2sc3c(c2C(=O)OC)CCCCC3)c1C. The molecule has 3 rings (SSSR count). The molecule has 1 amide bonds. The van der Waals surface area contributed by atoms with Gasteiger partial charge in [-0.25, -0.2) is 14.4 Å². The molecule has 178 valence electrons. The molecule has 0 unspecified atom stereocenters. The van der Waals surface area contributed by atoms with Crippen LogP contribution in [0.15, 0.2) is 0 Å². The molecular weight excluding hydrogens is 448 g/mol. The second kappa shape index (κ2) is 10.7. The lowest BCUT2D eigenvalue weighted by Gasteiger charge is -2.08. The van der Waals surface area contributed by atoms with Crippen LogP contribution in [0.1, 0.15) is 79.1 Å². The van der Waals surface area contributed by atoms with Gasteiger partial charge in [0.25, 0.3) is 5.91 Å². The predicted octanol–water partition coefficient (Wildman–Crippen LogP) is 3.72. The van der Waals surface area contributed by atoms with Crippen molar-refractivity contribution in [3.8, 4) is 0 Å². The standard InChI is InChI=1S/C23H28N2O7S/c1-5-31-22(28)17-12(2)19(24-13(17)3)23(29)32-11-16(26)25-20-18(21(27)30-4)14-9-7-6-8-10-15(14)33-20/h24H,5-11H2,1-4H3,(H,25,26). The fraction of sp³-hybridized carbons (Fsp3) is 0.478. The summed E-state index contributed by atoms with van der Waals surface area (Å²) in [6.07, 6.45) is 4.71. The van der Waals surface area contributed by atoms with Gasteiger partial charge < -0.3 is 24.5 Å². The van der Waals surface area contributed by atoms with Crippen LogP contribution in [0.2, 0.25) is 0 Å². The molecule has 0 saturated heterocycles. The summed E-state index contributed by atoms with van der Waals surface area (Å²) in [5.74, 6) is -2.37. The van der Waals surface area contributed by atoms with Gasteiger partial charge in [-0.15, -0.1) is 11.3 Å². The molecule has 0 radical (unpaired) electrons. The fourth-order valence-electron chi connectivity index (χ4n) is 3.98. The van der Waals surface area contributed by atoms with Crippen molar-refractivity contribution in [2.45, 2.75) is 52.9 Å². The first kappa shape index (κ1) is 24.5. The van der Waals surface area contributed by atoms with E-state index in [4.69, 9.17) is 14.2 Å². The highest BCUT2D eigenvalue weighted by atomic mass is 32.1. The summed E-state index contributed by atoms with van der Waals surface area (Å²) < 4.78 is 15.1. The Balaban J connectivity index is 1.70. The third-order valence-corrected chi connectivity index (χ3v) is 6.73. The monoisotopic (exact) mass is 476 g/mol. The minimum absolute atomic E-state index is 0.0847. The highest BCUT2D eigenvalue weighted by molar-refractivity contribution is 7.17. The van der Waals surface area contributed by atoms with E-state index < -0.39 is 30.4 Å². The molecular formula is C23H28N2O7S. The zero-order valence-corrected chi connectivity index (χ0v) is 20.0. The number of thiophene rings is 1. The second-order valence-electron chi connectivity index (χ2n) is 7.73. The maximum absolute atomic E-state index is 12.5. The zero-order valence-electron chi connectivity index (χ0n) is 19.2. The van der Waals surface area contributed by atoms with E-state index in [-0.39, 0.29) is 17.9 Å². The molecule has 0 saturated carbocycles. The molecule has 0 spiro atoms. The van der Waals surface area contributed by atoms with E-state index in [0.29, 0.717) is 21.8 Å². The van der Waals surface area contributed by atoms with Crippen LogP contribution in [0.3, 0.4) is 0 Å². The predicted molar refractivity (Wildman–Crippen MR) is 122 cm³/mol. The van der Waals surface area contributed by atoms with Crippen LogP contribution in [0.4, 0.5) is 5.00 Å². The number of hydrogen-bond acceptors (Lipinski definition) is 8. The number of aromatic amines is 1. The van der Waals surface area contributed by atoms with Crippen molar-refractivity contribution in [2.24, 2.45) is 0 Å². The van der Waals surface area contributed by atoms with Crippen molar-refractivity contribution in [3.05, 3.63) is 38.5 Å².